The van der Waals surface area contributed by atoms with Crippen molar-refractivity contribution in [3.63, 3.8) is 0 Å². The van der Waals surface area contributed by atoms with Gasteiger partial charge in [-0.1, -0.05) is 6.07 Å². The molecule has 0 bridgehead atoms. The summed E-state index contributed by atoms with van der Waals surface area (Å²) in [6, 6.07) is 11.9. The first kappa shape index (κ1) is 19.5. The lowest BCUT2D eigenvalue weighted by atomic mass is 10.0. The Morgan fingerprint density at radius 2 is 1.90 bits per heavy atom. The molecule has 0 spiro atoms. The van der Waals surface area contributed by atoms with E-state index in [1.807, 2.05) is 12.1 Å². The molecule has 0 fully saturated rings. The highest BCUT2D eigenvalue weighted by molar-refractivity contribution is 7.90. The Kier molecular flexibility index (Phi) is 4.42. The van der Waals surface area contributed by atoms with Crippen LogP contribution in [0.5, 0.6) is 11.5 Å². The average Bonchev–Trinajstić information content (AvgIpc) is 3.40. The predicted molar refractivity (Wildman–Crippen MR) is 120 cm³/mol. The van der Waals surface area contributed by atoms with Crippen LogP contribution in [0.1, 0.15) is 0 Å². The molecular weight excluding hydrogens is 436 g/mol. The van der Waals surface area contributed by atoms with Crippen LogP contribution in [-0.2, 0) is 16.9 Å². The number of aromatic amines is 1. The third kappa shape index (κ3) is 3.29. The number of H-pyrrole nitrogens is 1. The number of nitrogens with one attached hydrogen (secondary N) is 1. The normalized spacial score (nSPS) is 11.9. The largest absolute Gasteiger partial charge is 0.454 e. The second-order valence-corrected chi connectivity index (χ2v) is 9.69. The van der Waals surface area contributed by atoms with Crippen molar-refractivity contribution in [1.29, 1.82) is 0 Å². The van der Waals surface area contributed by atoms with Crippen molar-refractivity contribution in [3.8, 4) is 22.6 Å². The van der Waals surface area contributed by atoms with Crippen LogP contribution < -0.4 is 10.3 Å². The van der Waals surface area contributed by atoms with E-state index in [4.69, 9.17) is 4.74 Å². The molecule has 0 aliphatic rings. The minimum Gasteiger partial charge on any atom is -0.454 e. The topological polar surface area (TPSA) is 107 Å². The van der Waals surface area contributed by atoms with Crippen molar-refractivity contribution in [2.75, 3.05) is 6.26 Å². The number of hydrogen-bond acceptors (Lipinski definition) is 7. The summed E-state index contributed by atoms with van der Waals surface area (Å²) >= 11 is 1.09. The predicted octanol–water partition coefficient (Wildman–Crippen LogP) is 3.73. The van der Waals surface area contributed by atoms with Crippen LogP contribution in [0.15, 0.2) is 64.5 Å². The molecule has 8 nitrogen and oxygen atoms in total. The first-order chi connectivity index (χ1) is 14.8. The van der Waals surface area contributed by atoms with Gasteiger partial charge in [0, 0.05) is 42.2 Å². The number of aromatic nitrogens is 4. The number of rotatable bonds is 4. The number of aryl methyl sites for hydroxylation is 1. The van der Waals surface area contributed by atoms with E-state index in [1.54, 1.807) is 43.7 Å². The summed E-state index contributed by atoms with van der Waals surface area (Å²) in [7, 11) is -1.81. The zero-order valence-corrected chi connectivity index (χ0v) is 18.1. The third-order valence-corrected chi connectivity index (χ3v) is 6.69. The molecule has 5 rings (SSSR count). The number of pyridine rings is 1. The lowest BCUT2D eigenvalue weighted by Crippen LogP contribution is -2.16. The highest BCUT2D eigenvalue weighted by atomic mass is 32.2. The third-order valence-electron chi connectivity index (χ3n) is 5.03. The van der Waals surface area contributed by atoms with Crippen molar-refractivity contribution in [2.45, 2.75) is 4.90 Å². The van der Waals surface area contributed by atoms with E-state index in [0.717, 1.165) is 18.0 Å². The summed E-state index contributed by atoms with van der Waals surface area (Å²) < 4.78 is 40.7. The second-order valence-electron chi connectivity index (χ2n) is 7.15. The summed E-state index contributed by atoms with van der Waals surface area (Å²) in [6.45, 7) is 0. The lowest BCUT2D eigenvalue weighted by Gasteiger charge is -2.15. The van der Waals surface area contributed by atoms with E-state index in [2.05, 4.69) is 13.7 Å². The number of benzene rings is 2. The van der Waals surface area contributed by atoms with Gasteiger partial charge in [0.25, 0.3) is 5.56 Å². The van der Waals surface area contributed by atoms with Gasteiger partial charge in [-0.25, -0.2) is 8.42 Å². The van der Waals surface area contributed by atoms with Gasteiger partial charge in [0.1, 0.15) is 22.3 Å². The molecule has 10 heteroatoms. The zero-order chi connectivity index (χ0) is 21.8. The van der Waals surface area contributed by atoms with Crippen LogP contribution in [0.25, 0.3) is 33.1 Å². The number of hydrogen-bond donors (Lipinski definition) is 1. The number of nitrogens with zero attached hydrogens (tertiary/aromatic N) is 3. The molecule has 3 aromatic heterocycles. The fourth-order valence-electron chi connectivity index (χ4n) is 3.51. The van der Waals surface area contributed by atoms with Crippen molar-refractivity contribution in [3.05, 3.63) is 65.2 Å². The Morgan fingerprint density at radius 3 is 2.71 bits per heavy atom. The van der Waals surface area contributed by atoms with Crippen LogP contribution >= 0.6 is 11.7 Å². The number of fused-ring (bicyclic) bond motifs is 2. The van der Waals surface area contributed by atoms with Gasteiger partial charge in [-0.2, -0.15) is 8.75 Å². The minimum absolute atomic E-state index is 0.154. The SMILES string of the molecule is Cn1cc(-c2cc(S(C)(=O)=O)ccc2Oc2cccc3nsnc23)c2cc[nH]c2c1=O. The fraction of sp³-hybridized carbons (Fsp3) is 0.0952. The summed E-state index contributed by atoms with van der Waals surface area (Å²) in [5, 5.41) is 0.673. The van der Waals surface area contributed by atoms with Gasteiger partial charge in [-0.15, -0.1) is 0 Å². The van der Waals surface area contributed by atoms with Gasteiger partial charge in [-0.3, -0.25) is 4.79 Å². The Hall–Kier alpha value is -3.50. The van der Waals surface area contributed by atoms with Crippen LogP contribution in [0, 0.1) is 0 Å². The van der Waals surface area contributed by atoms with Crippen LogP contribution in [0.3, 0.4) is 0 Å². The van der Waals surface area contributed by atoms with E-state index in [-0.39, 0.29) is 10.5 Å². The standard InChI is InChI=1S/C21H16N4O4S2/c1-25-11-15(13-8-9-22-19(13)21(25)26)14-10-12(31(2,27)28)6-7-17(14)29-18-5-3-4-16-20(18)24-30-23-16/h3-11,22H,1-2H3. The molecule has 3 heterocycles. The maximum Gasteiger partial charge on any atom is 0.274 e. The van der Waals surface area contributed by atoms with Crippen molar-refractivity contribution < 1.29 is 13.2 Å². The van der Waals surface area contributed by atoms with Crippen LogP contribution in [0.2, 0.25) is 0 Å². The van der Waals surface area contributed by atoms with Crippen molar-refractivity contribution in [2.24, 2.45) is 7.05 Å². The monoisotopic (exact) mass is 452 g/mol. The Morgan fingerprint density at radius 1 is 1.06 bits per heavy atom. The number of ether oxygens (including phenoxy) is 1. The molecule has 31 heavy (non-hydrogen) atoms. The molecule has 156 valence electrons. The molecule has 0 atom stereocenters. The summed E-state index contributed by atoms with van der Waals surface area (Å²) in [5.41, 5.74) is 2.81. The van der Waals surface area contributed by atoms with E-state index in [0.29, 0.717) is 44.6 Å². The van der Waals surface area contributed by atoms with Crippen molar-refractivity contribution >= 4 is 43.5 Å². The van der Waals surface area contributed by atoms with E-state index >= 15 is 0 Å². The van der Waals surface area contributed by atoms with Crippen molar-refractivity contribution in [1.82, 2.24) is 18.3 Å². The lowest BCUT2D eigenvalue weighted by molar-refractivity contribution is 0.489. The van der Waals surface area contributed by atoms with Gasteiger partial charge >= 0.3 is 0 Å². The Labute approximate surface area is 181 Å². The average molecular weight is 453 g/mol. The van der Waals surface area contributed by atoms with E-state index in [9.17, 15) is 13.2 Å². The molecule has 1 N–H and O–H groups in total. The molecule has 0 aliphatic carbocycles. The Bertz CT molecular complexity index is 1630. The summed E-state index contributed by atoms with van der Waals surface area (Å²) in [5.74, 6) is 0.948. The first-order valence-electron chi connectivity index (χ1n) is 9.23. The molecule has 0 radical (unpaired) electrons. The second kappa shape index (κ2) is 7.03. The van der Waals surface area contributed by atoms with E-state index < -0.39 is 9.84 Å². The van der Waals surface area contributed by atoms with Gasteiger partial charge in [0.15, 0.2) is 15.6 Å². The summed E-state index contributed by atoms with van der Waals surface area (Å²) in [6.07, 6.45) is 4.51. The first-order valence-corrected chi connectivity index (χ1v) is 11.9. The molecular formula is C21H16N4O4S2. The molecule has 0 saturated carbocycles. The van der Waals surface area contributed by atoms with Gasteiger partial charge < -0.3 is 14.3 Å². The maximum atomic E-state index is 12.5. The van der Waals surface area contributed by atoms with Gasteiger partial charge in [0.05, 0.1) is 16.6 Å². The molecule has 5 aromatic rings. The van der Waals surface area contributed by atoms with Gasteiger partial charge in [-0.05, 0) is 36.4 Å². The Balaban J connectivity index is 1.78. The zero-order valence-electron chi connectivity index (χ0n) is 16.5. The molecule has 0 unspecified atom stereocenters. The minimum atomic E-state index is -3.46. The fourth-order valence-corrected chi connectivity index (χ4v) is 4.69. The molecule has 0 amide bonds. The number of sulfone groups is 1. The van der Waals surface area contributed by atoms with Crippen LogP contribution in [0.4, 0.5) is 0 Å². The molecule has 0 saturated heterocycles. The van der Waals surface area contributed by atoms with Gasteiger partial charge in [0.2, 0.25) is 0 Å². The highest BCUT2D eigenvalue weighted by Gasteiger charge is 2.19. The summed E-state index contributed by atoms with van der Waals surface area (Å²) in [4.78, 5) is 15.6. The molecule has 2 aromatic carbocycles. The highest BCUT2D eigenvalue weighted by Crippen LogP contribution is 2.39. The quantitative estimate of drug-likeness (QED) is 0.445. The smallest absolute Gasteiger partial charge is 0.274 e. The van der Waals surface area contributed by atoms with E-state index in [1.165, 1.54) is 10.6 Å². The maximum absolute atomic E-state index is 12.5. The van der Waals surface area contributed by atoms with Crippen LogP contribution in [-0.4, -0.2) is 33.0 Å². The molecule has 0 aliphatic heterocycles.